The summed E-state index contributed by atoms with van der Waals surface area (Å²) in [6, 6.07) is 0. The minimum atomic E-state index is -0.571. The van der Waals surface area contributed by atoms with E-state index in [1.807, 2.05) is 0 Å². The lowest BCUT2D eigenvalue weighted by atomic mass is 9.76. The largest absolute Gasteiger partial charge is 0.387 e. The standard InChI is InChI=1S/C8H14ClNO/c9-5-8(11)6-10-3-1-7(8)2-4-10/h7,11H,1-6H2. The fourth-order valence-corrected chi connectivity index (χ4v) is 2.60. The molecule has 3 fully saturated rings. The summed E-state index contributed by atoms with van der Waals surface area (Å²) in [5.74, 6) is 0.860. The summed E-state index contributed by atoms with van der Waals surface area (Å²) >= 11 is 5.74. The number of piperidine rings is 3. The molecule has 1 N–H and O–H groups in total. The maximum absolute atomic E-state index is 10.00. The van der Waals surface area contributed by atoms with Gasteiger partial charge in [-0.25, -0.2) is 0 Å². The van der Waals surface area contributed by atoms with Gasteiger partial charge in [0.05, 0.1) is 11.5 Å². The maximum Gasteiger partial charge on any atom is 0.0937 e. The van der Waals surface area contributed by atoms with Crippen molar-refractivity contribution in [1.82, 2.24) is 4.90 Å². The molecular weight excluding hydrogens is 162 g/mol. The van der Waals surface area contributed by atoms with Crippen molar-refractivity contribution in [2.75, 3.05) is 25.5 Å². The van der Waals surface area contributed by atoms with Crippen LogP contribution in [0.2, 0.25) is 0 Å². The first kappa shape index (κ1) is 7.84. The lowest BCUT2D eigenvalue weighted by Crippen LogP contribution is -2.60. The second-order valence-electron chi connectivity index (χ2n) is 3.79. The van der Waals surface area contributed by atoms with E-state index in [-0.39, 0.29) is 0 Å². The highest BCUT2D eigenvalue weighted by atomic mass is 35.5. The van der Waals surface area contributed by atoms with Gasteiger partial charge in [0.1, 0.15) is 0 Å². The van der Waals surface area contributed by atoms with Gasteiger partial charge in [0.2, 0.25) is 0 Å². The van der Waals surface area contributed by atoms with E-state index in [0.717, 1.165) is 32.5 Å². The average molecular weight is 176 g/mol. The zero-order valence-corrected chi connectivity index (χ0v) is 7.35. The summed E-state index contributed by atoms with van der Waals surface area (Å²) in [6.45, 7) is 3.11. The lowest BCUT2D eigenvalue weighted by Gasteiger charge is -2.49. The van der Waals surface area contributed by atoms with Crippen molar-refractivity contribution in [3.05, 3.63) is 0 Å². The number of hydrogen-bond donors (Lipinski definition) is 1. The molecule has 0 aromatic heterocycles. The van der Waals surface area contributed by atoms with Crippen LogP contribution in [0.1, 0.15) is 12.8 Å². The molecule has 3 heteroatoms. The first-order valence-corrected chi connectivity index (χ1v) is 4.79. The second-order valence-corrected chi connectivity index (χ2v) is 4.05. The van der Waals surface area contributed by atoms with Crippen molar-refractivity contribution in [3.63, 3.8) is 0 Å². The average Bonchev–Trinajstić information content (AvgIpc) is 2.06. The van der Waals surface area contributed by atoms with Gasteiger partial charge in [-0.2, -0.15) is 0 Å². The van der Waals surface area contributed by atoms with E-state index in [1.54, 1.807) is 0 Å². The molecule has 0 amide bonds. The zero-order valence-electron chi connectivity index (χ0n) is 6.59. The number of nitrogens with zero attached hydrogens (tertiary/aromatic N) is 1. The minimum absolute atomic E-state index is 0.397. The Kier molecular flexibility index (Phi) is 1.86. The number of rotatable bonds is 1. The third kappa shape index (κ3) is 1.17. The van der Waals surface area contributed by atoms with Crippen LogP contribution in [0.3, 0.4) is 0 Å². The van der Waals surface area contributed by atoms with Crippen LogP contribution < -0.4 is 0 Å². The van der Waals surface area contributed by atoms with E-state index in [9.17, 15) is 5.11 Å². The van der Waals surface area contributed by atoms with Crippen molar-refractivity contribution >= 4 is 11.6 Å². The van der Waals surface area contributed by atoms with Gasteiger partial charge in [-0.1, -0.05) is 0 Å². The molecule has 3 aliphatic heterocycles. The molecule has 0 aromatic rings. The highest BCUT2D eigenvalue weighted by Crippen LogP contribution is 2.35. The van der Waals surface area contributed by atoms with Crippen molar-refractivity contribution in [2.45, 2.75) is 18.4 Å². The Morgan fingerprint density at radius 2 is 2.09 bits per heavy atom. The van der Waals surface area contributed by atoms with Crippen molar-refractivity contribution in [2.24, 2.45) is 5.92 Å². The first-order chi connectivity index (χ1) is 5.24. The molecule has 3 aliphatic rings. The number of alkyl halides is 1. The lowest BCUT2D eigenvalue weighted by molar-refractivity contribution is -0.0958. The van der Waals surface area contributed by atoms with Crippen LogP contribution in [0, 0.1) is 5.92 Å². The van der Waals surface area contributed by atoms with Gasteiger partial charge >= 0.3 is 0 Å². The van der Waals surface area contributed by atoms with Crippen LogP contribution in [0.5, 0.6) is 0 Å². The van der Waals surface area contributed by atoms with E-state index in [2.05, 4.69) is 4.90 Å². The Morgan fingerprint density at radius 1 is 1.45 bits per heavy atom. The van der Waals surface area contributed by atoms with Gasteiger partial charge in [0.25, 0.3) is 0 Å². The molecule has 1 unspecified atom stereocenters. The van der Waals surface area contributed by atoms with Crippen molar-refractivity contribution < 1.29 is 5.11 Å². The number of hydrogen-bond acceptors (Lipinski definition) is 2. The fraction of sp³-hybridized carbons (Fsp3) is 1.00. The summed E-state index contributed by atoms with van der Waals surface area (Å²) in [5, 5.41) is 10.00. The summed E-state index contributed by atoms with van der Waals surface area (Å²) in [5.41, 5.74) is -0.571. The van der Waals surface area contributed by atoms with E-state index in [4.69, 9.17) is 11.6 Å². The van der Waals surface area contributed by atoms with Crippen molar-refractivity contribution in [1.29, 1.82) is 0 Å². The molecule has 11 heavy (non-hydrogen) atoms. The second kappa shape index (κ2) is 2.61. The summed E-state index contributed by atoms with van der Waals surface area (Å²) in [7, 11) is 0. The van der Waals surface area contributed by atoms with Gasteiger partial charge < -0.3 is 10.0 Å². The SMILES string of the molecule is OC1(CCl)CN2CCC1CC2. The van der Waals surface area contributed by atoms with Crippen LogP contribution in [-0.4, -0.2) is 41.1 Å². The molecule has 3 saturated heterocycles. The monoisotopic (exact) mass is 175 g/mol. The summed E-state index contributed by atoms with van der Waals surface area (Å²) < 4.78 is 0. The normalized spacial score (nSPS) is 49.6. The first-order valence-electron chi connectivity index (χ1n) is 4.25. The van der Waals surface area contributed by atoms with Gasteiger partial charge in [0, 0.05) is 6.54 Å². The number of halogens is 1. The molecule has 0 aliphatic carbocycles. The third-order valence-electron chi connectivity index (χ3n) is 3.08. The maximum atomic E-state index is 10.00. The fourth-order valence-electron chi connectivity index (χ4n) is 2.30. The number of aliphatic hydroxyl groups is 1. The minimum Gasteiger partial charge on any atom is -0.387 e. The van der Waals surface area contributed by atoms with Crippen LogP contribution >= 0.6 is 11.6 Å². The highest BCUT2D eigenvalue weighted by Gasteiger charge is 2.44. The Balaban J connectivity index is 2.13. The molecule has 64 valence electrons. The summed E-state index contributed by atoms with van der Waals surface area (Å²) in [6.07, 6.45) is 2.26. The highest BCUT2D eigenvalue weighted by molar-refractivity contribution is 6.18. The molecule has 3 rings (SSSR count). The molecule has 3 heterocycles. The van der Waals surface area contributed by atoms with E-state index < -0.39 is 5.60 Å². The quantitative estimate of drug-likeness (QED) is 0.593. The Morgan fingerprint density at radius 3 is 2.36 bits per heavy atom. The van der Waals surface area contributed by atoms with Crippen LogP contribution in [0.25, 0.3) is 0 Å². The molecule has 0 saturated carbocycles. The van der Waals surface area contributed by atoms with Gasteiger partial charge in [-0.3, -0.25) is 0 Å². The molecule has 0 radical (unpaired) electrons. The zero-order chi connectivity index (χ0) is 7.90. The molecule has 0 aromatic carbocycles. The molecule has 2 nitrogen and oxygen atoms in total. The van der Waals surface area contributed by atoms with Crippen molar-refractivity contribution in [3.8, 4) is 0 Å². The Hall–Kier alpha value is 0.210. The van der Waals surface area contributed by atoms with Gasteiger partial charge in [-0.05, 0) is 31.8 Å². The van der Waals surface area contributed by atoms with E-state index in [1.165, 1.54) is 0 Å². The van der Waals surface area contributed by atoms with Crippen LogP contribution in [0.15, 0.2) is 0 Å². The number of fused-ring (bicyclic) bond motifs is 3. The Labute approximate surface area is 72.1 Å². The summed E-state index contributed by atoms with van der Waals surface area (Å²) in [4.78, 5) is 2.31. The topological polar surface area (TPSA) is 23.5 Å². The third-order valence-corrected chi connectivity index (χ3v) is 3.54. The molecule has 0 spiro atoms. The Bertz CT molecular complexity index is 156. The van der Waals surface area contributed by atoms with E-state index >= 15 is 0 Å². The van der Waals surface area contributed by atoms with Crippen LogP contribution in [-0.2, 0) is 0 Å². The molecule has 2 bridgehead atoms. The van der Waals surface area contributed by atoms with Gasteiger partial charge in [-0.15, -0.1) is 11.6 Å². The molecular formula is C8H14ClNO. The van der Waals surface area contributed by atoms with E-state index in [0.29, 0.717) is 11.8 Å². The van der Waals surface area contributed by atoms with Gasteiger partial charge in [0.15, 0.2) is 0 Å². The predicted molar refractivity (Wildman–Crippen MR) is 44.8 cm³/mol. The smallest absolute Gasteiger partial charge is 0.0937 e. The molecule has 1 atom stereocenters. The predicted octanol–water partition coefficient (Wildman–Crippen LogP) is 0.682. The van der Waals surface area contributed by atoms with Crippen LogP contribution in [0.4, 0.5) is 0 Å².